The summed E-state index contributed by atoms with van der Waals surface area (Å²) in [7, 11) is 0. The van der Waals surface area contributed by atoms with Crippen LogP contribution in [0.25, 0.3) is 0 Å². The van der Waals surface area contributed by atoms with Crippen molar-refractivity contribution in [1.29, 1.82) is 0 Å². The van der Waals surface area contributed by atoms with E-state index in [0.29, 0.717) is 0 Å². The first-order valence-electron chi connectivity index (χ1n) is 7.24. The van der Waals surface area contributed by atoms with E-state index in [1.54, 1.807) is 0 Å². The van der Waals surface area contributed by atoms with Crippen LogP contribution in [0.1, 0.15) is 72.6 Å². The van der Waals surface area contributed by atoms with Crippen molar-refractivity contribution in [2.75, 3.05) is 0 Å². The minimum absolute atomic E-state index is 1.00. The van der Waals surface area contributed by atoms with Crippen LogP contribution in [0, 0.1) is 23.7 Å². The molecule has 1 fully saturated rings. The fraction of sp³-hybridized carbons (Fsp3) is 1.00. The van der Waals surface area contributed by atoms with E-state index in [0.717, 1.165) is 23.7 Å². The van der Waals surface area contributed by atoms with Gasteiger partial charge in [-0.25, -0.2) is 0 Å². The Morgan fingerprint density at radius 3 is 2.07 bits per heavy atom. The Hall–Kier alpha value is 0. The highest BCUT2D eigenvalue weighted by Gasteiger charge is 2.43. The predicted octanol–water partition coefficient (Wildman–Crippen LogP) is 5.28. The second-order valence-electron chi connectivity index (χ2n) is 5.56. The lowest BCUT2D eigenvalue weighted by Gasteiger charge is -2.11. The maximum Gasteiger partial charge on any atom is -0.0355 e. The molecule has 0 heterocycles. The van der Waals surface area contributed by atoms with Crippen molar-refractivity contribution in [3.05, 3.63) is 0 Å². The van der Waals surface area contributed by atoms with E-state index in [9.17, 15) is 0 Å². The molecule has 1 rings (SSSR count). The Morgan fingerprint density at radius 1 is 0.933 bits per heavy atom. The fourth-order valence-corrected chi connectivity index (χ4v) is 3.30. The second-order valence-corrected chi connectivity index (χ2v) is 5.56. The van der Waals surface area contributed by atoms with Crippen LogP contribution in [0.4, 0.5) is 0 Å². The molecule has 90 valence electrons. The van der Waals surface area contributed by atoms with Crippen molar-refractivity contribution in [2.45, 2.75) is 72.6 Å². The summed E-state index contributed by atoms with van der Waals surface area (Å²) in [6, 6.07) is 0. The van der Waals surface area contributed by atoms with Gasteiger partial charge in [-0.3, -0.25) is 0 Å². The maximum atomic E-state index is 2.44. The Morgan fingerprint density at radius 2 is 1.60 bits per heavy atom. The quantitative estimate of drug-likeness (QED) is 0.478. The predicted molar refractivity (Wildman–Crippen MR) is 69.0 cm³/mol. The second kappa shape index (κ2) is 6.55. The van der Waals surface area contributed by atoms with E-state index in [4.69, 9.17) is 0 Å². The number of unbranched alkanes of at least 4 members (excludes halogenated alkanes) is 1. The third-order valence-corrected chi connectivity index (χ3v) is 4.79. The highest BCUT2D eigenvalue weighted by Crippen LogP contribution is 2.50. The first-order valence-corrected chi connectivity index (χ1v) is 7.24. The lowest BCUT2D eigenvalue weighted by molar-refractivity contribution is 0.423. The standard InChI is InChI=1S/C15H30/c1-5-13(6-2)10-8-9-11-15-12(4)14(15)7-3/h12-15H,5-11H2,1-4H3. The van der Waals surface area contributed by atoms with Crippen LogP contribution in [0.5, 0.6) is 0 Å². The summed E-state index contributed by atoms with van der Waals surface area (Å²) >= 11 is 0. The van der Waals surface area contributed by atoms with Gasteiger partial charge >= 0.3 is 0 Å². The maximum absolute atomic E-state index is 2.44. The van der Waals surface area contributed by atoms with Gasteiger partial charge in [-0.2, -0.15) is 0 Å². The minimum Gasteiger partial charge on any atom is -0.0651 e. The Labute approximate surface area is 96.8 Å². The van der Waals surface area contributed by atoms with Gasteiger partial charge in [0, 0.05) is 0 Å². The van der Waals surface area contributed by atoms with Crippen LogP contribution in [0.15, 0.2) is 0 Å². The highest BCUT2D eigenvalue weighted by atomic mass is 14.5. The molecule has 1 aliphatic rings. The van der Waals surface area contributed by atoms with E-state index in [1.165, 1.54) is 44.9 Å². The molecule has 0 heteroatoms. The van der Waals surface area contributed by atoms with Crippen LogP contribution >= 0.6 is 0 Å². The van der Waals surface area contributed by atoms with Gasteiger partial charge in [-0.05, 0) is 30.1 Å². The van der Waals surface area contributed by atoms with Gasteiger partial charge in [0.15, 0.2) is 0 Å². The van der Waals surface area contributed by atoms with Gasteiger partial charge in [0.05, 0.1) is 0 Å². The van der Waals surface area contributed by atoms with E-state index in [1.807, 2.05) is 0 Å². The molecule has 1 aliphatic carbocycles. The van der Waals surface area contributed by atoms with Crippen LogP contribution < -0.4 is 0 Å². The van der Waals surface area contributed by atoms with Gasteiger partial charge in [-0.1, -0.05) is 66.2 Å². The van der Waals surface area contributed by atoms with E-state index in [2.05, 4.69) is 27.7 Å². The van der Waals surface area contributed by atoms with Crippen LogP contribution in [-0.2, 0) is 0 Å². The van der Waals surface area contributed by atoms with Gasteiger partial charge in [-0.15, -0.1) is 0 Å². The van der Waals surface area contributed by atoms with Crippen LogP contribution in [0.2, 0.25) is 0 Å². The molecule has 3 unspecified atom stereocenters. The molecule has 0 N–H and O–H groups in total. The number of hydrogen-bond acceptors (Lipinski definition) is 0. The van der Waals surface area contributed by atoms with Crippen molar-refractivity contribution in [1.82, 2.24) is 0 Å². The van der Waals surface area contributed by atoms with E-state index >= 15 is 0 Å². The van der Waals surface area contributed by atoms with E-state index < -0.39 is 0 Å². The van der Waals surface area contributed by atoms with Crippen LogP contribution in [0.3, 0.4) is 0 Å². The molecule has 3 atom stereocenters. The minimum atomic E-state index is 1.00. The summed E-state index contributed by atoms with van der Waals surface area (Å²) in [5, 5.41) is 0. The zero-order chi connectivity index (χ0) is 11.3. The number of hydrogen-bond donors (Lipinski definition) is 0. The smallest absolute Gasteiger partial charge is 0.0355 e. The lowest BCUT2D eigenvalue weighted by Crippen LogP contribution is -1.96. The molecule has 1 saturated carbocycles. The highest BCUT2D eigenvalue weighted by molar-refractivity contribution is 4.92. The molecule has 0 aromatic rings. The Kier molecular flexibility index (Phi) is 5.71. The van der Waals surface area contributed by atoms with Crippen molar-refractivity contribution < 1.29 is 0 Å². The molecule has 0 spiro atoms. The van der Waals surface area contributed by atoms with Crippen molar-refractivity contribution in [3.63, 3.8) is 0 Å². The van der Waals surface area contributed by atoms with Gasteiger partial charge in [0.25, 0.3) is 0 Å². The molecule has 0 aromatic carbocycles. The van der Waals surface area contributed by atoms with Crippen molar-refractivity contribution in [2.24, 2.45) is 23.7 Å². The molecule has 0 amide bonds. The monoisotopic (exact) mass is 210 g/mol. The average molecular weight is 210 g/mol. The first kappa shape index (κ1) is 13.1. The summed E-state index contributed by atoms with van der Waals surface area (Å²) < 4.78 is 0. The molecule has 0 bridgehead atoms. The lowest BCUT2D eigenvalue weighted by atomic mass is 9.95. The fourth-order valence-electron chi connectivity index (χ4n) is 3.30. The SMILES string of the molecule is CCC(CC)CCCCC1C(C)C1CC. The summed E-state index contributed by atoms with van der Waals surface area (Å²) in [5.74, 6) is 4.22. The summed E-state index contributed by atoms with van der Waals surface area (Å²) in [4.78, 5) is 0. The summed E-state index contributed by atoms with van der Waals surface area (Å²) in [5.41, 5.74) is 0. The summed E-state index contributed by atoms with van der Waals surface area (Å²) in [6.07, 6.45) is 10.1. The molecule has 15 heavy (non-hydrogen) atoms. The summed E-state index contributed by atoms with van der Waals surface area (Å²) in [6.45, 7) is 9.47. The van der Waals surface area contributed by atoms with Gasteiger partial charge in [0.1, 0.15) is 0 Å². The normalized spacial score (nSPS) is 29.8. The number of rotatable bonds is 8. The zero-order valence-electron chi connectivity index (χ0n) is 11.3. The molecule has 0 nitrogen and oxygen atoms in total. The molecule has 0 aliphatic heterocycles. The van der Waals surface area contributed by atoms with Crippen molar-refractivity contribution in [3.8, 4) is 0 Å². The van der Waals surface area contributed by atoms with Gasteiger partial charge < -0.3 is 0 Å². The Balaban J connectivity index is 1.98. The third kappa shape index (κ3) is 3.81. The molecule has 0 radical (unpaired) electrons. The first-order chi connectivity index (χ1) is 7.24. The molecule has 0 aromatic heterocycles. The zero-order valence-corrected chi connectivity index (χ0v) is 11.3. The van der Waals surface area contributed by atoms with Crippen LogP contribution in [-0.4, -0.2) is 0 Å². The topological polar surface area (TPSA) is 0 Å². The average Bonchev–Trinajstić information content (AvgIpc) is 2.88. The Bertz CT molecular complexity index is 157. The van der Waals surface area contributed by atoms with E-state index in [-0.39, 0.29) is 0 Å². The molecular formula is C15H30. The molecule has 0 saturated heterocycles. The van der Waals surface area contributed by atoms with Crippen molar-refractivity contribution >= 4 is 0 Å². The third-order valence-electron chi connectivity index (χ3n) is 4.79. The largest absolute Gasteiger partial charge is 0.0651 e. The molecular weight excluding hydrogens is 180 g/mol. The van der Waals surface area contributed by atoms with Gasteiger partial charge in [0.2, 0.25) is 0 Å².